The summed E-state index contributed by atoms with van der Waals surface area (Å²) in [6.45, 7) is 2.56. The van der Waals surface area contributed by atoms with E-state index in [2.05, 4.69) is 6.26 Å². The van der Waals surface area contributed by atoms with E-state index in [0.717, 1.165) is 32.6 Å². The lowest BCUT2D eigenvalue weighted by Gasteiger charge is -2.34. The smallest absolute Gasteiger partial charge is 0.0479 e. The number of nitrogens with two attached hydrogens (primary N) is 1. The van der Waals surface area contributed by atoms with Gasteiger partial charge in [-0.1, -0.05) is 0 Å². The van der Waals surface area contributed by atoms with Crippen LogP contribution in [0.25, 0.3) is 0 Å². The summed E-state index contributed by atoms with van der Waals surface area (Å²) in [5.74, 6) is 0. The van der Waals surface area contributed by atoms with Crippen LogP contribution >= 0.6 is 24.2 Å². The largest absolute Gasteiger partial charge is 0.381 e. The first-order chi connectivity index (χ1) is 4.83. The van der Waals surface area contributed by atoms with E-state index in [-0.39, 0.29) is 12.4 Å². The average molecular weight is 198 g/mol. The zero-order chi connectivity index (χ0) is 7.45. The lowest BCUT2D eigenvalue weighted by Crippen LogP contribution is -2.39. The molecule has 0 unspecified atom stereocenters. The summed E-state index contributed by atoms with van der Waals surface area (Å²) in [5.41, 5.74) is 5.67. The van der Waals surface area contributed by atoms with Crippen molar-refractivity contribution in [3.05, 3.63) is 0 Å². The summed E-state index contributed by atoms with van der Waals surface area (Å²) in [4.78, 5) is 0. The Balaban J connectivity index is 0.000001000. The van der Waals surface area contributed by atoms with Crippen molar-refractivity contribution in [1.29, 1.82) is 0 Å². The van der Waals surface area contributed by atoms with Gasteiger partial charge in [0.2, 0.25) is 0 Å². The molecule has 4 heteroatoms. The molecule has 0 atom stereocenters. The van der Waals surface area contributed by atoms with Gasteiger partial charge in [-0.2, -0.15) is 11.8 Å². The van der Waals surface area contributed by atoms with Gasteiger partial charge in [0.1, 0.15) is 0 Å². The van der Waals surface area contributed by atoms with Crippen LogP contribution in [-0.2, 0) is 4.74 Å². The molecule has 0 saturated carbocycles. The maximum Gasteiger partial charge on any atom is 0.0479 e. The van der Waals surface area contributed by atoms with Gasteiger partial charge >= 0.3 is 0 Å². The van der Waals surface area contributed by atoms with E-state index in [1.54, 1.807) is 0 Å². The van der Waals surface area contributed by atoms with Crippen LogP contribution in [0.4, 0.5) is 0 Å². The standard InChI is InChI=1S/C7H15NOS.ClH/c1-10-7(6-8)2-4-9-5-3-7;/h2-6,8H2,1H3;1H. The number of ether oxygens (including phenoxy) is 1. The van der Waals surface area contributed by atoms with E-state index in [4.69, 9.17) is 10.5 Å². The second-order valence-electron chi connectivity index (χ2n) is 2.70. The third kappa shape index (κ3) is 2.82. The van der Waals surface area contributed by atoms with Crippen LogP contribution in [0.15, 0.2) is 0 Å². The molecular formula is C7H16ClNOS. The predicted octanol–water partition coefficient (Wildman–Crippen LogP) is 1.28. The van der Waals surface area contributed by atoms with Crippen LogP contribution < -0.4 is 5.73 Å². The fourth-order valence-corrected chi connectivity index (χ4v) is 1.98. The number of thioether (sulfide) groups is 1. The lowest BCUT2D eigenvalue weighted by molar-refractivity contribution is 0.0793. The van der Waals surface area contributed by atoms with Crippen molar-refractivity contribution >= 4 is 24.2 Å². The van der Waals surface area contributed by atoms with Crippen LogP contribution in [-0.4, -0.2) is 30.8 Å². The molecule has 11 heavy (non-hydrogen) atoms. The van der Waals surface area contributed by atoms with Gasteiger partial charge in [0.15, 0.2) is 0 Å². The van der Waals surface area contributed by atoms with E-state index in [9.17, 15) is 0 Å². The molecule has 2 nitrogen and oxygen atoms in total. The molecule has 0 aromatic carbocycles. The van der Waals surface area contributed by atoms with E-state index in [1.165, 1.54) is 0 Å². The van der Waals surface area contributed by atoms with Gasteiger partial charge in [-0.25, -0.2) is 0 Å². The molecule has 1 heterocycles. The molecule has 1 saturated heterocycles. The normalized spacial score (nSPS) is 22.4. The quantitative estimate of drug-likeness (QED) is 0.725. The molecule has 1 rings (SSSR count). The van der Waals surface area contributed by atoms with Crippen LogP contribution in [0.1, 0.15) is 12.8 Å². The fraction of sp³-hybridized carbons (Fsp3) is 1.00. The van der Waals surface area contributed by atoms with Gasteiger partial charge in [-0.05, 0) is 19.1 Å². The highest BCUT2D eigenvalue weighted by molar-refractivity contribution is 8.00. The molecule has 1 aliphatic heterocycles. The van der Waals surface area contributed by atoms with Crippen LogP contribution in [0.2, 0.25) is 0 Å². The Kier molecular flexibility index (Phi) is 5.52. The first kappa shape index (κ1) is 11.6. The summed E-state index contributed by atoms with van der Waals surface area (Å²) in [6, 6.07) is 0. The highest BCUT2D eigenvalue weighted by atomic mass is 35.5. The van der Waals surface area contributed by atoms with Gasteiger partial charge in [-0.3, -0.25) is 0 Å². The summed E-state index contributed by atoms with van der Waals surface area (Å²) < 4.78 is 5.59. The molecule has 0 radical (unpaired) electrons. The molecule has 0 aliphatic carbocycles. The van der Waals surface area contributed by atoms with Crippen molar-refractivity contribution < 1.29 is 4.74 Å². The number of rotatable bonds is 2. The van der Waals surface area contributed by atoms with Crippen LogP contribution in [0, 0.1) is 0 Å². The third-order valence-electron chi connectivity index (χ3n) is 2.21. The zero-order valence-electron chi connectivity index (χ0n) is 6.84. The second kappa shape index (κ2) is 5.25. The van der Waals surface area contributed by atoms with Gasteiger partial charge in [0.25, 0.3) is 0 Å². The Morgan fingerprint density at radius 3 is 2.27 bits per heavy atom. The van der Waals surface area contributed by atoms with Gasteiger partial charge in [0, 0.05) is 24.5 Å². The number of hydrogen-bond acceptors (Lipinski definition) is 3. The van der Waals surface area contributed by atoms with Crippen molar-refractivity contribution in [2.75, 3.05) is 26.0 Å². The molecule has 0 spiro atoms. The second-order valence-corrected chi connectivity index (χ2v) is 3.98. The average Bonchev–Trinajstić information content (AvgIpc) is 2.06. The van der Waals surface area contributed by atoms with Crippen molar-refractivity contribution in [2.24, 2.45) is 5.73 Å². The Morgan fingerprint density at radius 2 is 2.00 bits per heavy atom. The molecule has 0 aromatic heterocycles. The maximum atomic E-state index is 5.67. The molecular weight excluding hydrogens is 182 g/mol. The van der Waals surface area contributed by atoms with E-state index < -0.39 is 0 Å². The molecule has 2 N–H and O–H groups in total. The highest BCUT2D eigenvalue weighted by Gasteiger charge is 2.29. The molecule has 0 aromatic rings. The fourth-order valence-electron chi connectivity index (χ4n) is 1.23. The Hall–Kier alpha value is 0.560. The summed E-state index contributed by atoms with van der Waals surface area (Å²) >= 11 is 1.89. The lowest BCUT2D eigenvalue weighted by atomic mass is 9.99. The minimum Gasteiger partial charge on any atom is -0.381 e. The van der Waals surface area contributed by atoms with Crippen molar-refractivity contribution in [1.82, 2.24) is 0 Å². The number of halogens is 1. The first-order valence-corrected chi connectivity index (χ1v) is 4.88. The minimum absolute atomic E-state index is 0. The van der Waals surface area contributed by atoms with E-state index in [1.807, 2.05) is 11.8 Å². The van der Waals surface area contributed by atoms with E-state index >= 15 is 0 Å². The Bertz CT molecular complexity index is 101. The van der Waals surface area contributed by atoms with Crippen molar-refractivity contribution in [2.45, 2.75) is 17.6 Å². The predicted molar refractivity (Wildman–Crippen MR) is 52.6 cm³/mol. The van der Waals surface area contributed by atoms with Gasteiger partial charge in [0.05, 0.1) is 0 Å². The Labute approximate surface area is 78.7 Å². The molecule has 0 amide bonds. The van der Waals surface area contributed by atoms with Gasteiger partial charge < -0.3 is 10.5 Å². The van der Waals surface area contributed by atoms with Crippen molar-refractivity contribution in [3.8, 4) is 0 Å². The summed E-state index contributed by atoms with van der Waals surface area (Å²) in [7, 11) is 0. The van der Waals surface area contributed by atoms with Crippen LogP contribution in [0.3, 0.4) is 0 Å². The highest BCUT2D eigenvalue weighted by Crippen LogP contribution is 2.32. The minimum atomic E-state index is 0. The summed E-state index contributed by atoms with van der Waals surface area (Å²) in [6.07, 6.45) is 4.37. The van der Waals surface area contributed by atoms with E-state index in [0.29, 0.717) is 4.75 Å². The SMILES string of the molecule is CSC1(CN)CCOCC1.Cl. The monoisotopic (exact) mass is 197 g/mol. The summed E-state index contributed by atoms with van der Waals surface area (Å²) in [5, 5.41) is 0. The van der Waals surface area contributed by atoms with Crippen molar-refractivity contribution in [3.63, 3.8) is 0 Å². The molecule has 1 aliphatic rings. The topological polar surface area (TPSA) is 35.2 Å². The molecule has 68 valence electrons. The van der Waals surface area contributed by atoms with Gasteiger partial charge in [-0.15, -0.1) is 12.4 Å². The van der Waals surface area contributed by atoms with Crippen LogP contribution in [0.5, 0.6) is 0 Å². The first-order valence-electron chi connectivity index (χ1n) is 3.66. The third-order valence-corrected chi connectivity index (χ3v) is 3.65. The molecule has 0 bridgehead atoms. The Morgan fingerprint density at radius 1 is 1.45 bits per heavy atom. The number of hydrogen-bond donors (Lipinski definition) is 1. The zero-order valence-corrected chi connectivity index (χ0v) is 8.47. The maximum absolute atomic E-state index is 5.67. The molecule has 1 fully saturated rings.